The van der Waals surface area contributed by atoms with Crippen molar-refractivity contribution in [1.29, 1.82) is 0 Å². The van der Waals surface area contributed by atoms with Crippen LogP contribution in [0, 0.1) is 5.41 Å². The van der Waals surface area contributed by atoms with Crippen molar-refractivity contribution in [3.8, 4) is 0 Å². The zero-order valence-electron chi connectivity index (χ0n) is 23.6. The quantitative estimate of drug-likeness (QED) is 0.106. The Kier molecular flexibility index (Phi) is 23.9. The maximum atomic E-state index is 11.6. The number of carboxylic acids is 2. The Bertz CT molecular complexity index is 444. The fourth-order valence-electron chi connectivity index (χ4n) is 5.51. The lowest BCUT2D eigenvalue weighted by Crippen LogP contribution is -2.28. The molecule has 0 unspecified atom stereocenters. The van der Waals surface area contributed by atoms with Crippen LogP contribution in [0.5, 0.6) is 0 Å². The molecule has 0 aromatic rings. The number of unbranched alkanes of at least 4 members (excludes halogenated alkanes) is 20. The zero-order valence-corrected chi connectivity index (χ0v) is 23.6. The Morgan fingerprint density at radius 1 is 0.429 bits per heavy atom. The van der Waals surface area contributed by atoms with Crippen LogP contribution in [0.2, 0.25) is 0 Å². The first-order valence-corrected chi connectivity index (χ1v) is 15.4. The van der Waals surface area contributed by atoms with E-state index < -0.39 is 17.4 Å². The van der Waals surface area contributed by atoms with Crippen LogP contribution in [0.25, 0.3) is 0 Å². The molecule has 208 valence electrons. The van der Waals surface area contributed by atoms with E-state index >= 15 is 0 Å². The van der Waals surface area contributed by atoms with Crippen LogP contribution in [0.15, 0.2) is 0 Å². The van der Waals surface area contributed by atoms with E-state index in [-0.39, 0.29) is 12.8 Å². The number of aliphatic carboxylic acids is 2. The van der Waals surface area contributed by atoms with Gasteiger partial charge in [-0.2, -0.15) is 0 Å². The van der Waals surface area contributed by atoms with Crippen molar-refractivity contribution >= 4 is 11.9 Å². The van der Waals surface area contributed by atoms with Crippen molar-refractivity contribution in [2.75, 3.05) is 0 Å². The Morgan fingerprint density at radius 3 is 0.886 bits per heavy atom. The third kappa shape index (κ3) is 23.1. The predicted octanol–water partition coefficient (Wildman–Crippen LogP) is 10.3. The highest BCUT2D eigenvalue weighted by Gasteiger charge is 2.34. The molecule has 0 saturated heterocycles. The lowest BCUT2D eigenvalue weighted by Gasteiger charge is -2.31. The van der Waals surface area contributed by atoms with Gasteiger partial charge in [0.1, 0.15) is 0 Å². The molecular formula is C31H60O4. The normalized spacial score (nSPS) is 11.7. The number of hydrogen-bond acceptors (Lipinski definition) is 2. The summed E-state index contributed by atoms with van der Waals surface area (Å²) < 4.78 is 0. The molecule has 2 N–H and O–H groups in total. The highest BCUT2D eigenvalue weighted by molar-refractivity contribution is 5.71. The average molecular weight is 497 g/mol. The molecule has 0 aromatic carbocycles. The Morgan fingerprint density at radius 2 is 0.657 bits per heavy atom. The molecule has 0 bridgehead atoms. The molecular weight excluding hydrogens is 436 g/mol. The second kappa shape index (κ2) is 24.6. The second-order valence-corrected chi connectivity index (χ2v) is 11.2. The van der Waals surface area contributed by atoms with Gasteiger partial charge >= 0.3 is 11.9 Å². The molecule has 0 heterocycles. The van der Waals surface area contributed by atoms with Crippen LogP contribution >= 0.6 is 0 Å². The fraction of sp³-hybridized carbons (Fsp3) is 0.935. The van der Waals surface area contributed by atoms with Gasteiger partial charge in [0.05, 0.1) is 12.8 Å². The van der Waals surface area contributed by atoms with E-state index in [1.54, 1.807) is 0 Å². The van der Waals surface area contributed by atoms with Gasteiger partial charge in [-0.15, -0.1) is 0 Å². The van der Waals surface area contributed by atoms with Crippen molar-refractivity contribution in [2.24, 2.45) is 5.41 Å². The topological polar surface area (TPSA) is 74.6 Å². The third-order valence-corrected chi connectivity index (χ3v) is 7.67. The minimum atomic E-state index is -0.850. The van der Waals surface area contributed by atoms with Crippen LogP contribution < -0.4 is 0 Å². The molecule has 0 aromatic heterocycles. The number of rotatable bonds is 28. The van der Waals surface area contributed by atoms with E-state index in [0.717, 1.165) is 38.5 Å². The molecule has 0 aliphatic carbocycles. The monoisotopic (exact) mass is 496 g/mol. The van der Waals surface area contributed by atoms with Crippen molar-refractivity contribution in [3.63, 3.8) is 0 Å². The highest BCUT2D eigenvalue weighted by Crippen LogP contribution is 2.39. The lowest BCUT2D eigenvalue weighted by molar-refractivity contribution is -0.144. The van der Waals surface area contributed by atoms with Gasteiger partial charge in [0.25, 0.3) is 0 Å². The van der Waals surface area contributed by atoms with Crippen molar-refractivity contribution in [1.82, 2.24) is 0 Å². The van der Waals surface area contributed by atoms with Gasteiger partial charge in [-0.1, -0.05) is 155 Å². The van der Waals surface area contributed by atoms with Gasteiger partial charge in [-0.3, -0.25) is 9.59 Å². The second-order valence-electron chi connectivity index (χ2n) is 11.2. The smallest absolute Gasteiger partial charge is 0.303 e. The number of hydrogen-bond donors (Lipinski definition) is 2. The molecule has 0 amide bonds. The number of carboxylic acid groups (broad SMARTS) is 2. The minimum absolute atomic E-state index is 0.00514. The molecule has 0 saturated carbocycles. The first-order chi connectivity index (χ1) is 17.0. The third-order valence-electron chi connectivity index (χ3n) is 7.67. The van der Waals surface area contributed by atoms with Crippen LogP contribution in [-0.2, 0) is 9.59 Å². The molecule has 0 spiro atoms. The molecule has 0 radical (unpaired) electrons. The maximum Gasteiger partial charge on any atom is 0.303 e. The van der Waals surface area contributed by atoms with E-state index in [4.69, 9.17) is 0 Å². The van der Waals surface area contributed by atoms with Crippen molar-refractivity contribution in [3.05, 3.63) is 0 Å². The van der Waals surface area contributed by atoms with Gasteiger partial charge < -0.3 is 10.2 Å². The maximum absolute atomic E-state index is 11.6. The predicted molar refractivity (Wildman–Crippen MR) is 149 cm³/mol. The van der Waals surface area contributed by atoms with E-state index in [1.165, 1.54) is 116 Å². The highest BCUT2D eigenvalue weighted by atomic mass is 16.4. The summed E-state index contributed by atoms with van der Waals surface area (Å²) in [6.45, 7) is 4.50. The SMILES string of the molecule is CCCCCCCCCCCCCC(CCCCCCCCCCCCC)(CC(=O)O)CC(=O)O. The van der Waals surface area contributed by atoms with Crippen molar-refractivity contribution < 1.29 is 19.8 Å². The van der Waals surface area contributed by atoms with Gasteiger partial charge in [-0.25, -0.2) is 0 Å². The molecule has 35 heavy (non-hydrogen) atoms. The first-order valence-electron chi connectivity index (χ1n) is 15.4. The zero-order chi connectivity index (χ0) is 26.0. The van der Waals surface area contributed by atoms with Crippen LogP contribution in [0.1, 0.15) is 181 Å². The van der Waals surface area contributed by atoms with Crippen LogP contribution in [0.3, 0.4) is 0 Å². The summed E-state index contributed by atoms with van der Waals surface area (Å²) in [5, 5.41) is 19.0. The Hall–Kier alpha value is -1.06. The van der Waals surface area contributed by atoms with E-state index in [1.807, 2.05) is 0 Å². The largest absolute Gasteiger partial charge is 0.481 e. The lowest BCUT2D eigenvalue weighted by atomic mass is 9.72. The summed E-state index contributed by atoms with van der Waals surface area (Å²) in [4.78, 5) is 23.2. The molecule has 4 heteroatoms. The van der Waals surface area contributed by atoms with Crippen molar-refractivity contribution in [2.45, 2.75) is 181 Å². The summed E-state index contributed by atoms with van der Waals surface area (Å²) in [6, 6.07) is 0. The minimum Gasteiger partial charge on any atom is -0.481 e. The van der Waals surface area contributed by atoms with E-state index in [2.05, 4.69) is 13.8 Å². The Balaban J connectivity index is 4.18. The summed E-state index contributed by atoms with van der Waals surface area (Å²) in [7, 11) is 0. The van der Waals surface area contributed by atoms with E-state index in [9.17, 15) is 19.8 Å². The van der Waals surface area contributed by atoms with Gasteiger partial charge in [0.15, 0.2) is 0 Å². The number of carbonyl (C=O) groups is 2. The standard InChI is InChI=1S/C31H60O4/c1-3-5-7-9-11-13-15-17-19-21-23-25-31(27-29(32)33,28-30(34)35)26-24-22-20-18-16-14-12-10-8-6-4-2/h3-28H2,1-2H3,(H,32,33)(H,34,35). The van der Waals surface area contributed by atoms with Crippen LogP contribution in [0.4, 0.5) is 0 Å². The first kappa shape index (κ1) is 33.9. The molecule has 0 rings (SSSR count). The average Bonchev–Trinajstić information content (AvgIpc) is 2.80. The van der Waals surface area contributed by atoms with Crippen LogP contribution in [-0.4, -0.2) is 22.2 Å². The summed E-state index contributed by atoms with van der Waals surface area (Å²) >= 11 is 0. The van der Waals surface area contributed by atoms with Gasteiger partial charge in [0.2, 0.25) is 0 Å². The molecule has 4 nitrogen and oxygen atoms in total. The van der Waals surface area contributed by atoms with E-state index in [0.29, 0.717) is 0 Å². The molecule has 0 aliphatic rings. The summed E-state index contributed by atoms with van der Waals surface area (Å²) in [5.41, 5.74) is -0.573. The molecule has 0 aliphatic heterocycles. The Labute approximate surface area is 218 Å². The van der Waals surface area contributed by atoms with Gasteiger partial charge in [-0.05, 0) is 18.3 Å². The summed E-state index contributed by atoms with van der Waals surface area (Å²) in [5.74, 6) is -1.70. The molecule has 0 atom stereocenters. The fourth-order valence-corrected chi connectivity index (χ4v) is 5.51. The summed E-state index contributed by atoms with van der Waals surface area (Å²) in [6.07, 6.45) is 29.1. The van der Waals surface area contributed by atoms with Gasteiger partial charge in [0, 0.05) is 0 Å². The molecule has 0 fully saturated rings.